The summed E-state index contributed by atoms with van der Waals surface area (Å²) in [5.74, 6) is 0. The molecule has 0 bridgehead atoms. The number of aliphatic hydroxyl groups is 2. The van der Waals surface area contributed by atoms with Crippen LogP contribution in [0, 0.1) is 0 Å². The van der Waals surface area contributed by atoms with E-state index in [2.05, 4.69) is 17.0 Å². The van der Waals surface area contributed by atoms with Crippen molar-refractivity contribution in [2.75, 3.05) is 13.2 Å². The van der Waals surface area contributed by atoms with Gasteiger partial charge in [-0.2, -0.15) is 0 Å². The Balaban J connectivity index is 2.09. The first-order chi connectivity index (χ1) is 7.64. The van der Waals surface area contributed by atoms with Gasteiger partial charge in [0.15, 0.2) is 0 Å². The third-order valence-corrected chi connectivity index (χ3v) is 3.43. The number of aliphatic hydroxyl groups excluding tert-OH is 2. The van der Waals surface area contributed by atoms with E-state index in [0.717, 1.165) is 6.54 Å². The molecule has 2 N–H and O–H groups in total. The zero-order valence-electron chi connectivity index (χ0n) is 9.63. The zero-order chi connectivity index (χ0) is 11.6. The molecular formula is C13H19NO2. The lowest BCUT2D eigenvalue weighted by Gasteiger charge is -2.33. The summed E-state index contributed by atoms with van der Waals surface area (Å²) in [4.78, 5) is 2.16. The third kappa shape index (κ3) is 2.26. The average Bonchev–Trinajstić information content (AvgIpc) is 2.56. The summed E-state index contributed by atoms with van der Waals surface area (Å²) >= 11 is 0. The predicted molar refractivity (Wildman–Crippen MR) is 63.0 cm³/mol. The van der Waals surface area contributed by atoms with Crippen LogP contribution in [0.15, 0.2) is 30.3 Å². The van der Waals surface area contributed by atoms with E-state index >= 15 is 0 Å². The first kappa shape index (κ1) is 11.6. The molecule has 1 saturated heterocycles. The van der Waals surface area contributed by atoms with Crippen LogP contribution in [-0.4, -0.2) is 39.9 Å². The topological polar surface area (TPSA) is 43.7 Å². The van der Waals surface area contributed by atoms with Gasteiger partial charge in [0.05, 0.1) is 12.7 Å². The molecule has 3 nitrogen and oxygen atoms in total. The van der Waals surface area contributed by atoms with E-state index in [0.29, 0.717) is 13.0 Å². The molecular weight excluding hydrogens is 202 g/mol. The van der Waals surface area contributed by atoms with Crippen LogP contribution in [0.25, 0.3) is 0 Å². The van der Waals surface area contributed by atoms with Gasteiger partial charge < -0.3 is 10.2 Å². The largest absolute Gasteiger partial charge is 0.394 e. The van der Waals surface area contributed by atoms with Crippen LogP contribution in [0.2, 0.25) is 0 Å². The minimum atomic E-state index is -0.319. The molecule has 1 aliphatic rings. The molecule has 16 heavy (non-hydrogen) atoms. The lowest BCUT2D eigenvalue weighted by atomic mass is 9.99. The highest BCUT2D eigenvalue weighted by Gasteiger charge is 2.40. The molecule has 0 amide bonds. The normalized spacial score (nSPS) is 30.8. The van der Waals surface area contributed by atoms with Crippen LogP contribution in [0.3, 0.4) is 0 Å². The second-order valence-corrected chi connectivity index (χ2v) is 4.88. The second kappa shape index (κ2) is 4.53. The molecule has 0 unspecified atom stereocenters. The summed E-state index contributed by atoms with van der Waals surface area (Å²) in [6.07, 6.45) is 0.330. The van der Waals surface area contributed by atoms with Crippen LogP contribution in [0.1, 0.15) is 18.9 Å². The number of likely N-dealkylation sites (tertiary alicyclic amines) is 1. The van der Waals surface area contributed by atoms with Crippen LogP contribution < -0.4 is 0 Å². The van der Waals surface area contributed by atoms with Gasteiger partial charge in [0.2, 0.25) is 0 Å². The molecule has 0 saturated carbocycles. The van der Waals surface area contributed by atoms with Crippen molar-refractivity contribution in [2.45, 2.75) is 31.5 Å². The van der Waals surface area contributed by atoms with E-state index in [1.54, 1.807) is 0 Å². The molecule has 0 spiro atoms. The minimum Gasteiger partial charge on any atom is -0.394 e. The Bertz CT molecular complexity index is 341. The van der Waals surface area contributed by atoms with Gasteiger partial charge in [0, 0.05) is 18.6 Å². The molecule has 1 aliphatic heterocycles. The Kier molecular flexibility index (Phi) is 3.28. The summed E-state index contributed by atoms with van der Waals surface area (Å²) in [7, 11) is 0. The maximum atomic E-state index is 9.69. The minimum absolute atomic E-state index is 0.0941. The van der Waals surface area contributed by atoms with E-state index < -0.39 is 0 Å². The Morgan fingerprint density at radius 1 is 1.38 bits per heavy atom. The highest BCUT2D eigenvalue weighted by Crippen LogP contribution is 2.30. The van der Waals surface area contributed by atoms with Gasteiger partial charge >= 0.3 is 0 Å². The van der Waals surface area contributed by atoms with E-state index in [1.807, 2.05) is 25.1 Å². The summed E-state index contributed by atoms with van der Waals surface area (Å²) in [6.45, 7) is 3.53. The quantitative estimate of drug-likeness (QED) is 0.800. The van der Waals surface area contributed by atoms with Gasteiger partial charge in [0.1, 0.15) is 0 Å². The zero-order valence-corrected chi connectivity index (χ0v) is 9.63. The third-order valence-electron chi connectivity index (χ3n) is 3.43. The van der Waals surface area contributed by atoms with Gasteiger partial charge in [-0.15, -0.1) is 0 Å². The Hall–Kier alpha value is -0.900. The van der Waals surface area contributed by atoms with Gasteiger partial charge in [-0.25, -0.2) is 0 Å². The first-order valence-corrected chi connectivity index (χ1v) is 5.72. The van der Waals surface area contributed by atoms with Gasteiger partial charge in [-0.1, -0.05) is 30.3 Å². The monoisotopic (exact) mass is 221 g/mol. The molecule has 1 heterocycles. The van der Waals surface area contributed by atoms with Crippen molar-refractivity contribution in [3.63, 3.8) is 0 Å². The number of β-amino-alcohol motifs (C(OH)–C–C–N with tert-alkyl or cyclic N) is 1. The number of rotatable bonds is 3. The average molecular weight is 221 g/mol. The first-order valence-electron chi connectivity index (χ1n) is 5.72. The molecule has 2 atom stereocenters. The van der Waals surface area contributed by atoms with Crippen molar-refractivity contribution in [3.8, 4) is 0 Å². The lowest BCUT2D eigenvalue weighted by Crippen LogP contribution is -2.43. The highest BCUT2D eigenvalue weighted by molar-refractivity contribution is 5.15. The number of hydrogen-bond donors (Lipinski definition) is 2. The Morgan fingerprint density at radius 2 is 2.06 bits per heavy atom. The Labute approximate surface area is 96.3 Å². The van der Waals surface area contributed by atoms with Crippen LogP contribution in [-0.2, 0) is 6.54 Å². The van der Waals surface area contributed by atoms with Crippen molar-refractivity contribution >= 4 is 0 Å². The molecule has 88 valence electrons. The summed E-state index contributed by atoms with van der Waals surface area (Å²) in [6, 6.07) is 10.2. The van der Waals surface area contributed by atoms with E-state index in [1.165, 1.54) is 5.56 Å². The van der Waals surface area contributed by atoms with Gasteiger partial charge in [-0.05, 0) is 18.9 Å². The van der Waals surface area contributed by atoms with Crippen LogP contribution in [0.5, 0.6) is 0 Å². The molecule has 3 heteroatoms. The van der Waals surface area contributed by atoms with Crippen molar-refractivity contribution in [1.29, 1.82) is 0 Å². The SMILES string of the molecule is C[C@]1(CO)C[C@@H](O)CN1Cc1ccccc1. The molecule has 0 aliphatic carbocycles. The van der Waals surface area contributed by atoms with Gasteiger partial charge in [0.25, 0.3) is 0 Å². The molecule has 1 fully saturated rings. The van der Waals surface area contributed by atoms with Crippen molar-refractivity contribution < 1.29 is 10.2 Å². The molecule has 0 aromatic heterocycles. The second-order valence-electron chi connectivity index (χ2n) is 4.88. The fourth-order valence-electron chi connectivity index (χ4n) is 2.40. The van der Waals surface area contributed by atoms with Crippen LogP contribution in [0.4, 0.5) is 0 Å². The summed E-state index contributed by atoms with van der Waals surface area (Å²) < 4.78 is 0. The molecule has 1 aromatic carbocycles. The molecule has 0 radical (unpaired) electrons. The number of hydrogen-bond acceptors (Lipinski definition) is 3. The van der Waals surface area contributed by atoms with Crippen molar-refractivity contribution in [2.24, 2.45) is 0 Å². The van der Waals surface area contributed by atoms with Crippen molar-refractivity contribution in [1.82, 2.24) is 4.90 Å². The number of nitrogens with zero attached hydrogens (tertiary/aromatic N) is 1. The molecule has 1 aromatic rings. The van der Waals surface area contributed by atoms with Gasteiger partial charge in [-0.3, -0.25) is 4.90 Å². The van der Waals surface area contributed by atoms with Crippen molar-refractivity contribution in [3.05, 3.63) is 35.9 Å². The fraction of sp³-hybridized carbons (Fsp3) is 0.538. The van der Waals surface area contributed by atoms with E-state index in [4.69, 9.17) is 0 Å². The summed E-state index contributed by atoms with van der Waals surface area (Å²) in [5.41, 5.74) is 0.936. The van der Waals surface area contributed by atoms with E-state index in [9.17, 15) is 10.2 Å². The standard InChI is InChI=1S/C13H19NO2/c1-13(10-15)7-12(16)9-14(13)8-11-5-3-2-4-6-11/h2-6,12,15-16H,7-10H2,1H3/t12-,13-/m1/s1. The maximum Gasteiger partial charge on any atom is 0.0685 e. The Morgan fingerprint density at radius 3 is 2.69 bits per heavy atom. The van der Waals surface area contributed by atoms with E-state index in [-0.39, 0.29) is 18.2 Å². The number of benzene rings is 1. The highest BCUT2D eigenvalue weighted by atomic mass is 16.3. The lowest BCUT2D eigenvalue weighted by molar-refractivity contribution is 0.0734. The van der Waals surface area contributed by atoms with Crippen LogP contribution >= 0.6 is 0 Å². The summed E-state index contributed by atoms with van der Waals surface area (Å²) in [5, 5.41) is 19.1. The molecule has 2 rings (SSSR count). The predicted octanol–water partition coefficient (Wildman–Crippen LogP) is 1.00. The smallest absolute Gasteiger partial charge is 0.0685 e. The maximum absolute atomic E-state index is 9.69. The fourth-order valence-corrected chi connectivity index (χ4v) is 2.40.